The number of nitrogens with one attached hydrogen (secondary N) is 2. The molecule has 20 heavy (non-hydrogen) atoms. The van der Waals surface area contributed by atoms with Crippen LogP contribution in [0.5, 0.6) is 0 Å². The topological polar surface area (TPSA) is 41.1 Å². The van der Waals surface area contributed by atoms with Crippen LogP contribution in [0.2, 0.25) is 5.02 Å². The summed E-state index contributed by atoms with van der Waals surface area (Å²) in [6, 6.07) is 15.2. The number of rotatable bonds is 4. The predicted molar refractivity (Wildman–Crippen MR) is 82.5 cm³/mol. The molecule has 0 heterocycles. The maximum atomic E-state index is 11.6. The third-order valence-corrected chi connectivity index (χ3v) is 3.49. The van der Waals surface area contributed by atoms with Crippen molar-refractivity contribution >= 4 is 34.6 Å². The van der Waals surface area contributed by atoms with Crippen LogP contribution in [0.3, 0.4) is 0 Å². The van der Waals surface area contributed by atoms with Gasteiger partial charge in [0.2, 0.25) is 5.91 Å². The lowest BCUT2D eigenvalue weighted by molar-refractivity contribution is -0.117. The molecule has 0 radical (unpaired) electrons. The van der Waals surface area contributed by atoms with Gasteiger partial charge in [-0.3, -0.25) is 4.79 Å². The highest BCUT2D eigenvalue weighted by Gasteiger charge is 2.29. The molecule has 2 aromatic carbocycles. The van der Waals surface area contributed by atoms with Crippen molar-refractivity contribution in [3.05, 3.63) is 53.6 Å². The summed E-state index contributed by atoms with van der Waals surface area (Å²) in [5.41, 5.74) is 2.78. The fourth-order valence-electron chi connectivity index (χ4n) is 1.93. The number of halogens is 1. The Kier molecular flexibility index (Phi) is 3.61. The highest BCUT2D eigenvalue weighted by molar-refractivity contribution is 6.30. The van der Waals surface area contributed by atoms with E-state index in [1.165, 1.54) is 0 Å². The molecule has 1 aliphatic rings. The van der Waals surface area contributed by atoms with Gasteiger partial charge in [-0.05, 0) is 61.4 Å². The molecule has 3 nitrogen and oxygen atoms in total. The van der Waals surface area contributed by atoms with Crippen molar-refractivity contribution in [2.45, 2.75) is 12.8 Å². The molecule has 2 aromatic rings. The second-order valence-electron chi connectivity index (χ2n) is 4.97. The van der Waals surface area contributed by atoms with Crippen LogP contribution in [0.25, 0.3) is 0 Å². The summed E-state index contributed by atoms with van der Waals surface area (Å²) in [6.45, 7) is 0. The first-order valence-electron chi connectivity index (χ1n) is 6.64. The molecule has 4 heteroatoms. The smallest absolute Gasteiger partial charge is 0.227 e. The van der Waals surface area contributed by atoms with Crippen molar-refractivity contribution in [2.24, 2.45) is 5.92 Å². The van der Waals surface area contributed by atoms with Gasteiger partial charge >= 0.3 is 0 Å². The Labute approximate surface area is 123 Å². The molecule has 0 aromatic heterocycles. The first-order chi connectivity index (χ1) is 9.70. The number of anilines is 3. The number of carbonyl (C=O) groups excluding carboxylic acids is 1. The van der Waals surface area contributed by atoms with Gasteiger partial charge in [-0.15, -0.1) is 0 Å². The fraction of sp³-hybridized carbons (Fsp3) is 0.188. The molecular formula is C16H15ClN2O. The van der Waals surface area contributed by atoms with Gasteiger partial charge in [-0.25, -0.2) is 0 Å². The number of hydrogen-bond donors (Lipinski definition) is 2. The van der Waals surface area contributed by atoms with E-state index in [0.717, 1.165) is 29.9 Å². The second kappa shape index (κ2) is 5.55. The van der Waals surface area contributed by atoms with E-state index in [2.05, 4.69) is 10.6 Å². The third-order valence-electron chi connectivity index (χ3n) is 3.23. The van der Waals surface area contributed by atoms with E-state index in [9.17, 15) is 4.79 Å². The van der Waals surface area contributed by atoms with Crippen LogP contribution in [0.15, 0.2) is 48.5 Å². The predicted octanol–water partition coefficient (Wildman–Crippen LogP) is 4.43. The Morgan fingerprint density at radius 1 is 0.900 bits per heavy atom. The van der Waals surface area contributed by atoms with Crippen molar-refractivity contribution in [1.82, 2.24) is 0 Å². The molecule has 0 aliphatic heterocycles. The first-order valence-corrected chi connectivity index (χ1v) is 7.02. The zero-order valence-electron chi connectivity index (χ0n) is 10.9. The zero-order chi connectivity index (χ0) is 13.9. The van der Waals surface area contributed by atoms with Crippen LogP contribution in [-0.4, -0.2) is 5.91 Å². The quantitative estimate of drug-likeness (QED) is 0.873. The van der Waals surface area contributed by atoms with Gasteiger partial charge in [0.15, 0.2) is 0 Å². The molecule has 1 saturated carbocycles. The molecular weight excluding hydrogens is 272 g/mol. The Balaban J connectivity index is 1.63. The van der Waals surface area contributed by atoms with Gasteiger partial charge in [0.05, 0.1) is 0 Å². The van der Waals surface area contributed by atoms with E-state index in [0.29, 0.717) is 5.02 Å². The van der Waals surface area contributed by atoms with E-state index < -0.39 is 0 Å². The average Bonchev–Trinajstić information content (AvgIpc) is 3.28. The van der Waals surface area contributed by atoms with Crippen LogP contribution in [0.1, 0.15) is 12.8 Å². The zero-order valence-corrected chi connectivity index (χ0v) is 11.7. The molecule has 3 rings (SSSR count). The van der Waals surface area contributed by atoms with Crippen molar-refractivity contribution in [1.29, 1.82) is 0 Å². The largest absolute Gasteiger partial charge is 0.356 e. The van der Waals surface area contributed by atoms with Gasteiger partial charge in [-0.1, -0.05) is 11.6 Å². The second-order valence-corrected chi connectivity index (χ2v) is 5.41. The Hall–Kier alpha value is -2.00. The molecule has 0 unspecified atom stereocenters. The number of carbonyl (C=O) groups is 1. The van der Waals surface area contributed by atoms with Gasteiger partial charge in [-0.2, -0.15) is 0 Å². The van der Waals surface area contributed by atoms with E-state index >= 15 is 0 Å². The molecule has 102 valence electrons. The summed E-state index contributed by atoms with van der Waals surface area (Å²) in [5, 5.41) is 6.91. The van der Waals surface area contributed by atoms with Crippen molar-refractivity contribution in [3.63, 3.8) is 0 Å². The molecule has 1 fully saturated rings. The van der Waals surface area contributed by atoms with Crippen molar-refractivity contribution in [2.75, 3.05) is 10.6 Å². The van der Waals surface area contributed by atoms with Crippen LogP contribution < -0.4 is 10.6 Å². The molecule has 0 spiro atoms. The highest BCUT2D eigenvalue weighted by atomic mass is 35.5. The van der Waals surface area contributed by atoms with E-state index in [1.807, 2.05) is 48.5 Å². The van der Waals surface area contributed by atoms with E-state index in [4.69, 9.17) is 11.6 Å². The maximum Gasteiger partial charge on any atom is 0.227 e. The standard InChI is InChI=1S/C16H15ClN2O/c17-12-3-5-13(6-4-12)18-14-7-9-15(10-8-14)19-16(20)11-1-2-11/h3-11,18H,1-2H2,(H,19,20). The Bertz CT molecular complexity index is 603. The van der Waals surface area contributed by atoms with Gasteiger partial charge < -0.3 is 10.6 Å². The molecule has 1 aliphatic carbocycles. The normalized spacial score (nSPS) is 13.8. The SMILES string of the molecule is O=C(Nc1ccc(Nc2ccc(Cl)cc2)cc1)C1CC1. The van der Waals surface area contributed by atoms with Crippen molar-refractivity contribution < 1.29 is 4.79 Å². The highest BCUT2D eigenvalue weighted by Crippen LogP contribution is 2.30. The first kappa shape index (κ1) is 13.0. The summed E-state index contributed by atoms with van der Waals surface area (Å²) in [4.78, 5) is 11.6. The van der Waals surface area contributed by atoms with Crippen LogP contribution in [0, 0.1) is 5.92 Å². The minimum absolute atomic E-state index is 0.128. The average molecular weight is 287 g/mol. The molecule has 0 atom stereocenters. The minimum Gasteiger partial charge on any atom is -0.356 e. The molecule has 2 N–H and O–H groups in total. The summed E-state index contributed by atoms with van der Waals surface area (Å²) < 4.78 is 0. The lowest BCUT2D eigenvalue weighted by atomic mass is 10.2. The maximum absolute atomic E-state index is 11.6. The van der Waals surface area contributed by atoms with Crippen LogP contribution in [-0.2, 0) is 4.79 Å². The van der Waals surface area contributed by atoms with E-state index in [-0.39, 0.29) is 11.8 Å². The van der Waals surface area contributed by atoms with Gasteiger partial charge in [0.1, 0.15) is 0 Å². The number of benzene rings is 2. The van der Waals surface area contributed by atoms with E-state index in [1.54, 1.807) is 0 Å². The van der Waals surface area contributed by atoms with Crippen molar-refractivity contribution in [3.8, 4) is 0 Å². The van der Waals surface area contributed by atoms with Gasteiger partial charge in [0, 0.05) is 28.0 Å². The Morgan fingerprint density at radius 2 is 1.40 bits per heavy atom. The molecule has 1 amide bonds. The summed E-state index contributed by atoms with van der Waals surface area (Å²) >= 11 is 5.85. The molecule has 0 bridgehead atoms. The lowest BCUT2D eigenvalue weighted by Crippen LogP contribution is -2.13. The summed E-state index contributed by atoms with van der Waals surface area (Å²) in [7, 11) is 0. The summed E-state index contributed by atoms with van der Waals surface area (Å²) in [6.07, 6.45) is 2.03. The summed E-state index contributed by atoms with van der Waals surface area (Å²) in [5.74, 6) is 0.352. The monoisotopic (exact) mass is 286 g/mol. The third kappa shape index (κ3) is 3.31. The number of hydrogen-bond acceptors (Lipinski definition) is 2. The van der Waals surface area contributed by atoms with Crippen LogP contribution in [0.4, 0.5) is 17.1 Å². The number of amides is 1. The molecule has 0 saturated heterocycles. The lowest BCUT2D eigenvalue weighted by Gasteiger charge is -2.08. The Morgan fingerprint density at radius 3 is 1.95 bits per heavy atom. The van der Waals surface area contributed by atoms with Crippen LogP contribution >= 0.6 is 11.6 Å². The van der Waals surface area contributed by atoms with Gasteiger partial charge in [0.25, 0.3) is 0 Å². The minimum atomic E-state index is 0.128. The fourth-order valence-corrected chi connectivity index (χ4v) is 2.05.